The Kier molecular flexibility index (Phi) is 3.89. The van der Waals surface area contributed by atoms with E-state index < -0.39 is 11.9 Å². The van der Waals surface area contributed by atoms with Crippen molar-refractivity contribution in [3.05, 3.63) is 42.1 Å². The van der Waals surface area contributed by atoms with Gasteiger partial charge in [0.15, 0.2) is 0 Å². The molecular formula is C14H16N2O2. The molecule has 4 nitrogen and oxygen atoms in total. The molecule has 1 aromatic heterocycles. The van der Waals surface area contributed by atoms with Crippen LogP contribution in [0.25, 0.3) is 10.9 Å². The number of aliphatic carboxylic acids is 1. The fraction of sp³-hybridized carbons (Fsp3) is 0.286. The number of para-hydroxylation sites is 1. The van der Waals surface area contributed by atoms with Crippen molar-refractivity contribution >= 4 is 16.9 Å². The second-order valence-corrected chi connectivity index (χ2v) is 4.24. The van der Waals surface area contributed by atoms with Gasteiger partial charge in [0.05, 0.1) is 11.4 Å². The predicted octanol–water partition coefficient (Wildman–Crippen LogP) is 2.14. The Hall–Kier alpha value is -1.94. The van der Waals surface area contributed by atoms with E-state index in [0.717, 1.165) is 16.5 Å². The highest BCUT2D eigenvalue weighted by molar-refractivity contribution is 5.88. The molecule has 0 saturated carbocycles. The van der Waals surface area contributed by atoms with Crippen molar-refractivity contribution in [2.45, 2.75) is 18.8 Å². The zero-order valence-electron chi connectivity index (χ0n) is 10.0. The number of carbonyl (C=O) groups is 1. The lowest BCUT2D eigenvalue weighted by Gasteiger charge is -2.14. The summed E-state index contributed by atoms with van der Waals surface area (Å²) in [4.78, 5) is 15.6. The Bertz CT molecular complexity index is 549. The van der Waals surface area contributed by atoms with Crippen molar-refractivity contribution in [1.82, 2.24) is 4.98 Å². The summed E-state index contributed by atoms with van der Waals surface area (Å²) in [5.74, 6) is -1.32. The minimum atomic E-state index is -0.806. The first-order valence-corrected chi connectivity index (χ1v) is 6.00. The largest absolute Gasteiger partial charge is 0.481 e. The van der Waals surface area contributed by atoms with Gasteiger partial charge in [0.25, 0.3) is 0 Å². The van der Waals surface area contributed by atoms with E-state index in [1.54, 1.807) is 12.3 Å². The lowest BCUT2D eigenvalue weighted by Crippen LogP contribution is -2.14. The van der Waals surface area contributed by atoms with E-state index in [1.165, 1.54) is 0 Å². The molecule has 1 atom stereocenters. The molecule has 18 heavy (non-hydrogen) atoms. The minimum Gasteiger partial charge on any atom is -0.481 e. The molecule has 0 amide bonds. The van der Waals surface area contributed by atoms with E-state index in [2.05, 4.69) is 4.98 Å². The molecule has 0 bridgehead atoms. The molecule has 94 valence electrons. The number of carboxylic acid groups (broad SMARTS) is 1. The summed E-state index contributed by atoms with van der Waals surface area (Å²) in [6, 6.07) is 9.39. The number of benzene rings is 1. The van der Waals surface area contributed by atoms with Gasteiger partial charge in [-0.2, -0.15) is 0 Å². The van der Waals surface area contributed by atoms with Crippen molar-refractivity contribution in [3.63, 3.8) is 0 Å². The molecule has 2 rings (SSSR count). The molecule has 0 radical (unpaired) electrons. The van der Waals surface area contributed by atoms with Gasteiger partial charge in [0.2, 0.25) is 0 Å². The van der Waals surface area contributed by atoms with Crippen LogP contribution in [-0.2, 0) is 4.79 Å². The molecule has 0 aliphatic carbocycles. The molecule has 0 spiro atoms. The first-order valence-electron chi connectivity index (χ1n) is 6.00. The van der Waals surface area contributed by atoms with E-state index >= 15 is 0 Å². The second-order valence-electron chi connectivity index (χ2n) is 4.24. The highest BCUT2D eigenvalue weighted by Gasteiger charge is 2.21. The molecule has 4 heteroatoms. The number of fused-ring (bicyclic) bond motifs is 1. The Morgan fingerprint density at radius 3 is 2.83 bits per heavy atom. The number of nitrogens with zero attached hydrogens (tertiary/aromatic N) is 1. The molecular weight excluding hydrogens is 228 g/mol. The lowest BCUT2D eigenvalue weighted by atomic mass is 9.92. The fourth-order valence-corrected chi connectivity index (χ4v) is 2.16. The number of hydrogen-bond acceptors (Lipinski definition) is 3. The molecule has 3 N–H and O–H groups in total. The van der Waals surface area contributed by atoms with Gasteiger partial charge in [-0.15, -0.1) is 0 Å². The van der Waals surface area contributed by atoms with E-state index in [-0.39, 0.29) is 0 Å². The van der Waals surface area contributed by atoms with E-state index in [9.17, 15) is 9.90 Å². The van der Waals surface area contributed by atoms with Crippen LogP contribution in [0.4, 0.5) is 0 Å². The Balaban J connectivity index is 2.46. The fourth-order valence-electron chi connectivity index (χ4n) is 2.16. The standard InChI is InChI=1S/C14H16N2O2/c15-8-3-5-12(14(17)18)10-7-9-16-13-6-2-1-4-11(10)13/h1-2,4,6-7,9,12H,3,5,8,15H2,(H,17,18). The number of hydrogen-bond donors (Lipinski definition) is 2. The third-order valence-corrected chi connectivity index (χ3v) is 3.05. The maximum absolute atomic E-state index is 11.4. The predicted molar refractivity (Wildman–Crippen MR) is 70.4 cm³/mol. The van der Waals surface area contributed by atoms with Crippen LogP contribution in [0.15, 0.2) is 36.5 Å². The summed E-state index contributed by atoms with van der Waals surface area (Å²) < 4.78 is 0. The summed E-state index contributed by atoms with van der Waals surface area (Å²) in [5.41, 5.74) is 7.11. The third-order valence-electron chi connectivity index (χ3n) is 3.05. The SMILES string of the molecule is NCCCC(C(=O)O)c1ccnc2ccccc12. The van der Waals surface area contributed by atoms with Gasteiger partial charge >= 0.3 is 5.97 Å². The summed E-state index contributed by atoms with van der Waals surface area (Å²) >= 11 is 0. The van der Waals surface area contributed by atoms with Crippen LogP contribution in [0.5, 0.6) is 0 Å². The molecule has 0 saturated heterocycles. The third kappa shape index (κ3) is 2.49. The van der Waals surface area contributed by atoms with Gasteiger partial charge in [-0.3, -0.25) is 9.78 Å². The van der Waals surface area contributed by atoms with Gasteiger partial charge in [0, 0.05) is 11.6 Å². The Labute approximate surface area is 105 Å². The molecule has 0 aliphatic heterocycles. The zero-order valence-corrected chi connectivity index (χ0v) is 10.0. The molecule has 1 aromatic carbocycles. The van der Waals surface area contributed by atoms with Gasteiger partial charge < -0.3 is 10.8 Å². The normalized spacial score (nSPS) is 12.5. The van der Waals surface area contributed by atoms with Gasteiger partial charge in [0.1, 0.15) is 0 Å². The molecule has 0 fully saturated rings. The van der Waals surface area contributed by atoms with Crippen LogP contribution in [0.1, 0.15) is 24.3 Å². The first kappa shape index (κ1) is 12.5. The van der Waals surface area contributed by atoms with Crippen LogP contribution in [0, 0.1) is 0 Å². The van der Waals surface area contributed by atoms with E-state index in [1.807, 2.05) is 24.3 Å². The number of rotatable bonds is 5. The summed E-state index contributed by atoms with van der Waals surface area (Å²) in [5, 5.41) is 10.3. The van der Waals surface area contributed by atoms with Crippen LogP contribution in [0.3, 0.4) is 0 Å². The van der Waals surface area contributed by atoms with Crippen molar-refractivity contribution < 1.29 is 9.90 Å². The molecule has 1 unspecified atom stereocenters. The van der Waals surface area contributed by atoms with Gasteiger partial charge in [-0.1, -0.05) is 18.2 Å². The molecule has 2 aromatic rings. The zero-order chi connectivity index (χ0) is 13.0. The summed E-state index contributed by atoms with van der Waals surface area (Å²) in [6.45, 7) is 0.507. The highest BCUT2D eigenvalue weighted by Crippen LogP contribution is 2.27. The second kappa shape index (κ2) is 5.60. The van der Waals surface area contributed by atoms with Crippen molar-refractivity contribution in [1.29, 1.82) is 0 Å². The Morgan fingerprint density at radius 2 is 2.11 bits per heavy atom. The summed E-state index contributed by atoms with van der Waals surface area (Å²) in [6.07, 6.45) is 2.92. The lowest BCUT2D eigenvalue weighted by molar-refractivity contribution is -0.138. The highest BCUT2D eigenvalue weighted by atomic mass is 16.4. The van der Waals surface area contributed by atoms with Crippen LogP contribution in [-0.4, -0.2) is 22.6 Å². The van der Waals surface area contributed by atoms with Crippen molar-refractivity contribution in [2.24, 2.45) is 5.73 Å². The van der Waals surface area contributed by atoms with E-state index in [4.69, 9.17) is 5.73 Å². The maximum Gasteiger partial charge on any atom is 0.310 e. The number of carboxylic acids is 1. The first-order chi connectivity index (χ1) is 8.74. The average Bonchev–Trinajstić information content (AvgIpc) is 2.39. The van der Waals surface area contributed by atoms with E-state index in [0.29, 0.717) is 19.4 Å². The maximum atomic E-state index is 11.4. The number of aromatic nitrogens is 1. The van der Waals surface area contributed by atoms with Crippen LogP contribution >= 0.6 is 0 Å². The van der Waals surface area contributed by atoms with Crippen LogP contribution < -0.4 is 5.73 Å². The van der Waals surface area contributed by atoms with Crippen LogP contribution in [0.2, 0.25) is 0 Å². The minimum absolute atomic E-state index is 0.507. The molecule has 0 aliphatic rings. The quantitative estimate of drug-likeness (QED) is 0.844. The van der Waals surface area contributed by atoms with Crippen molar-refractivity contribution in [2.75, 3.05) is 6.54 Å². The Morgan fingerprint density at radius 1 is 1.33 bits per heavy atom. The smallest absolute Gasteiger partial charge is 0.310 e. The average molecular weight is 244 g/mol. The number of pyridine rings is 1. The molecule has 1 heterocycles. The topological polar surface area (TPSA) is 76.2 Å². The summed E-state index contributed by atoms with van der Waals surface area (Å²) in [7, 11) is 0. The van der Waals surface area contributed by atoms with Gasteiger partial charge in [-0.25, -0.2) is 0 Å². The number of nitrogens with two attached hydrogens (primary N) is 1. The van der Waals surface area contributed by atoms with Gasteiger partial charge in [-0.05, 0) is 37.1 Å². The monoisotopic (exact) mass is 244 g/mol. The van der Waals surface area contributed by atoms with Crippen molar-refractivity contribution in [3.8, 4) is 0 Å².